The van der Waals surface area contributed by atoms with Crippen molar-refractivity contribution in [3.8, 4) is 5.75 Å². The highest BCUT2D eigenvalue weighted by molar-refractivity contribution is 5.78. The highest BCUT2D eigenvalue weighted by atomic mass is 16.5. The molecule has 0 bridgehead atoms. The molecule has 0 saturated carbocycles. The predicted molar refractivity (Wildman–Crippen MR) is 106 cm³/mol. The fourth-order valence-corrected chi connectivity index (χ4v) is 2.94. The number of carbonyl (C=O) groups is 2. The third-order valence-corrected chi connectivity index (χ3v) is 4.46. The van der Waals surface area contributed by atoms with E-state index in [0.717, 1.165) is 43.9 Å². The molecule has 0 radical (unpaired) electrons. The van der Waals surface area contributed by atoms with Crippen LogP contribution in [-0.4, -0.2) is 74.0 Å². The van der Waals surface area contributed by atoms with Crippen molar-refractivity contribution in [2.24, 2.45) is 0 Å². The molecule has 7 nitrogen and oxygen atoms in total. The summed E-state index contributed by atoms with van der Waals surface area (Å²) in [6.45, 7) is 9.94. The maximum Gasteiger partial charge on any atom is 0.234 e. The molecule has 1 heterocycles. The van der Waals surface area contributed by atoms with Crippen LogP contribution in [0.25, 0.3) is 0 Å². The molecular weight excluding hydrogens is 344 g/mol. The van der Waals surface area contributed by atoms with Crippen LogP contribution in [0.5, 0.6) is 5.75 Å². The van der Waals surface area contributed by atoms with E-state index >= 15 is 0 Å². The molecule has 0 spiro atoms. The van der Waals surface area contributed by atoms with E-state index in [9.17, 15) is 9.59 Å². The Bertz CT molecular complexity index is 583. The second-order valence-corrected chi connectivity index (χ2v) is 6.77. The molecule has 1 aromatic carbocycles. The molecule has 0 aromatic heterocycles. The van der Waals surface area contributed by atoms with Crippen LogP contribution in [0.15, 0.2) is 24.3 Å². The van der Waals surface area contributed by atoms with Crippen molar-refractivity contribution in [2.45, 2.75) is 26.8 Å². The Labute approximate surface area is 162 Å². The number of piperazine rings is 1. The minimum absolute atomic E-state index is 0.0264. The van der Waals surface area contributed by atoms with Crippen LogP contribution in [0.4, 0.5) is 0 Å². The smallest absolute Gasteiger partial charge is 0.234 e. The SMILES string of the molecule is CCCOc1ccc(CNC(=O)CN2CCN(CC(=O)NCC)CC2)cc1. The topological polar surface area (TPSA) is 73.9 Å². The first kappa shape index (κ1) is 21.2. The minimum Gasteiger partial charge on any atom is -0.494 e. The van der Waals surface area contributed by atoms with E-state index in [4.69, 9.17) is 4.74 Å². The lowest BCUT2D eigenvalue weighted by Gasteiger charge is -2.33. The Hall–Kier alpha value is -2.12. The second kappa shape index (κ2) is 11.6. The normalized spacial score (nSPS) is 15.3. The second-order valence-electron chi connectivity index (χ2n) is 6.77. The monoisotopic (exact) mass is 376 g/mol. The molecule has 27 heavy (non-hydrogen) atoms. The first-order chi connectivity index (χ1) is 13.1. The zero-order valence-electron chi connectivity index (χ0n) is 16.5. The van der Waals surface area contributed by atoms with Crippen molar-refractivity contribution >= 4 is 11.8 Å². The molecule has 7 heteroatoms. The maximum atomic E-state index is 12.2. The molecular formula is C20H32N4O3. The number of amides is 2. The molecule has 2 amide bonds. The lowest BCUT2D eigenvalue weighted by Crippen LogP contribution is -2.51. The third-order valence-electron chi connectivity index (χ3n) is 4.46. The Morgan fingerprint density at radius 2 is 1.48 bits per heavy atom. The van der Waals surface area contributed by atoms with E-state index in [1.165, 1.54) is 0 Å². The Morgan fingerprint density at radius 3 is 2.00 bits per heavy atom. The average molecular weight is 377 g/mol. The van der Waals surface area contributed by atoms with Gasteiger partial charge in [-0.3, -0.25) is 19.4 Å². The molecule has 1 fully saturated rings. The number of nitrogens with zero attached hydrogens (tertiary/aromatic N) is 2. The van der Waals surface area contributed by atoms with Crippen molar-refractivity contribution in [2.75, 3.05) is 52.4 Å². The molecule has 1 aromatic rings. The van der Waals surface area contributed by atoms with Crippen molar-refractivity contribution in [3.05, 3.63) is 29.8 Å². The lowest BCUT2D eigenvalue weighted by atomic mass is 10.2. The highest BCUT2D eigenvalue weighted by Gasteiger charge is 2.20. The Morgan fingerprint density at radius 1 is 0.926 bits per heavy atom. The van der Waals surface area contributed by atoms with Gasteiger partial charge < -0.3 is 15.4 Å². The summed E-state index contributed by atoms with van der Waals surface area (Å²) in [6, 6.07) is 7.83. The number of benzene rings is 1. The van der Waals surface area contributed by atoms with Crippen LogP contribution >= 0.6 is 0 Å². The van der Waals surface area contributed by atoms with E-state index in [0.29, 0.717) is 32.8 Å². The van der Waals surface area contributed by atoms with Gasteiger partial charge in [-0.15, -0.1) is 0 Å². The summed E-state index contributed by atoms with van der Waals surface area (Å²) in [4.78, 5) is 28.1. The van der Waals surface area contributed by atoms with Crippen LogP contribution in [0.2, 0.25) is 0 Å². The molecule has 1 aliphatic rings. The summed E-state index contributed by atoms with van der Waals surface area (Å²) in [5.74, 6) is 0.950. The molecule has 150 valence electrons. The van der Waals surface area contributed by atoms with Gasteiger partial charge in [-0.1, -0.05) is 19.1 Å². The lowest BCUT2D eigenvalue weighted by molar-refractivity contribution is -0.125. The minimum atomic E-state index is 0.0264. The number of likely N-dealkylation sites (N-methyl/N-ethyl adjacent to an activating group) is 1. The van der Waals surface area contributed by atoms with Crippen molar-refractivity contribution < 1.29 is 14.3 Å². The summed E-state index contributed by atoms with van der Waals surface area (Å²) in [5.41, 5.74) is 1.05. The zero-order valence-corrected chi connectivity index (χ0v) is 16.5. The number of hydrogen-bond donors (Lipinski definition) is 2. The van der Waals surface area contributed by atoms with Gasteiger partial charge in [0.2, 0.25) is 11.8 Å². The number of rotatable bonds is 10. The van der Waals surface area contributed by atoms with Gasteiger partial charge in [0.15, 0.2) is 0 Å². The molecule has 0 atom stereocenters. The van der Waals surface area contributed by atoms with Crippen molar-refractivity contribution in [1.82, 2.24) is 20.4 Å². The first-order valence-electron chi connectivity index (χ1n) is 9.80. The van der Waals surface area contributed by atoms with Gasteiger partial charge in [0.1, 0.15) is 5.75 Å². The molecule has 2 rings (SSSR count). The summed E-state index contributed by atoms with van der Waals surface area (Å²) < 4.78 is 5.56. The van der Waals surface area contributed by atoms with Crippen LogP contribution in [0.3, 0.4) is 0 Å². The van der Waals surface area contributed by atoms with Gasteiger partial charge in [-0.2, -0.15) is 0 Å². The highest BCUT2D eigenvalue weighted by Crippen LogP contribution is 2.12. The average Bonchev–Trinajstić information content (AvgIpc) is 2.67. The van der Waals surface area contributed by atoms with Crippen molar-refractivity contribution in [3.63, 3.8) is 0 Å². The van der Waals surface area contributed by atoms with Crippen molar-refractivity contribution in [1.29, 1.82) is 0 Å². The zero-order chi connectivity index (χ0) is 19.5. The number of hydrogen-bond acceptors (Lipinski definition) is 5. The van der Waals surface area contributed by atoms with Gasteiger partial charge in [0.25, 0.3) is 0 Å². The molecule has 1 saturated heterocycles. The van der Waals surface area contributed by atoms with Gasteiger partial charge in [0.05, 0.1) is 19.7 Å². The van der Waals surface area contributed by atoms with Gasteiger partial charge in [-0.25, -0.2) is 0 Å². The maximum absolute atomic E-state index is 12.2. The summed E-state index contributed by atoms with van der Waals surface area (Å²) in [6.07, 6.45) is 0.984. The van der Waals surface area contributed by atoms with Crippen LogP contribution in [-0.2, 0) is 16.1 Å². The molecule has 1 aliphatic heterocycles. The summed E-state index contributed by atoms with van der Waals surface area (Å²) in [7, 11) is 0. The van der Waals surface area contributed by atoms with Crippen LogP contribution < -0.4 is 15.4 Å². The first-order valence-corrected chi connectivity index (χ1v) is 9.80. The van der Waals surface area contributed by atoms with Crippen LogP contribution in [0, 0.1) is 0 Å². The fourth-order valence-electron chi connectivity index (χ4n) is 2.94. The van der Waals surface area contributed by atoms with Crippen LogP contribution in [0.1, 0.15) is 25.8 Å². The third kappa shape index (κ3) is 7.97. The molecule has 0 unspecified atom stereocenters. The Balaban J connectivity index is 1.64. The van der Waals surface area contributed by atoms with E-state index in [1.54, 1.807) is 0 Å². The quantitative estimate of drug-likeness (QED) is 0.633. The fraction of sp³-hybridized carbons (Fsp3) is 0.600. The van der Waals surface area contributed by atoms with E-state index in [-0.39, 0.29) is 11.8 Å². The number of nitrogens with one attached hydrogen (secondary N) is 2. The Kier molecular flexibility index (Phi) is 9.07. The standard InChI is InChI=1S/C20H32N4O3/c1-3-13-27-18-7-5-17(6-8-18)14-22-20(26)16-24-11-9-23(10-12-24)15-19(25)21-4-2/h5-8H,3-4,9-16H2,1-2H3,(H,21,25)(H,22,26). The number of ether oxygens (including phenoxy) is 1. The van der Waals surface area contributed by atoms with Gasteiger partial charge in [0, 0.05) is 39.3 Å². The van der Waals surface area contributed by atoms with Gasteiger partial charge >= 0.3 is 0 Å². The largest absolute Gasteiger partial charge is 0.494 e. The number of carbonyl (C=O) groups excluding carboxylic acids is 2. The predicted octanol–water partition coefficient (Wildman–Crippen LogP) is 0.845. The van der Waals surface area contributed by atoms with Gasteiger partial charge in [-0.05, 0) is 31.0 Å². The van der Waals surface area contributed by atoms with E-state index in [2.05, 4.69) is 27.4 Å². The van der Waals surface area contributed by atoms with E-state index < -0.39 is 0 Å². The summed E-state index contributed by atoms with van der Waals surface area (Å²) >= 11 is 0. The molecule has 2 N–H and O–H groups in total. The van der Waals surface area contributed by atoms with E-state index in [1.807, 2.05) is 31.2 Å². The molecule has 0 aliphatic carbocycles. The summed E-state index contributed by atoms with van der Waals surface area (Å²) in [5, 5.41) is 5.79.